The molecule has 2 nitrogen and oxygen atoms in total. The van der Waals surface area contributed by atoms with Gasteiger partial charge in [0.25, 0.3) is 0 Å². The van der Waals surface area contributed by atoms with E-state index in [1.54, 1.807) is 18.9 Å². The lowest BCUT2D eigenvalue weighted by Gasteiger charge is -2.40. The second kappa shape index (κ2) is 3.84. The maximum Gasteiger partial charge on any atom is 0.405 e. The van der Waals surface area contributed by atoms with Crippen LogP contribution in [0.15, 0.2) is 0 Å². The zero-order valence-electron chi connectivity index (χ0n) is 7.93. The van der Waals surface area contributed by atoms with Crippen LogP contribution < -0.4 is 0 Å². The van der Waals surface area contributed by atoms with Gasteiger partial charge in [0.2, 0.25) is 0 Å². The Morgan fingerprint density at radius 3 is 2.38 bits per heavy atom. The summed E-state index contributed by atoms with van der Waals surface area (Å²) in [7, 11) is 1.73. The van der Waals surface area contributed by atoms with E-state index in [-0.39, 0.29) is 6.54 Å². The van der Waals surface area contributed by atoms with Gasteiger partial charge < -0.3 is 4.90 Å². The molecule has 1 heterocycles. The van der Waals surface area contributed by atoms with Crippen molar-refractivity contribution in [2.75, 3.05) is 33.2 Å². The Labute approximate surface area is 76.3 Å². The van der Waals surface area contributed by atoms with Crippen LogP contribution >= 0.6 is 0 Å². The van der Waals surface area contributed by atoms with Crippen molar-refractivity contribution in [2.24, 2.45) is 0 Å². The number of piperazine rings is 1. The summed E-state index contributed by atoms with van der Waals surface area (Å²) in [5, 5.41) is 0. The van der Waals surface area contributed by atoms with Crippen LogP contribution in [0.1, 0.15) is 6.92 Å². The van der Waals surface area contributed by atoms with Gasteiger partial charge in [0, 0.05) is 19.6 Å². The molecule has 0 aromatic rings. The Balaban J connectivity index is 2.65. The second-order valence-corrected chi connectivity index (χ2v) is 3.45. The molecule has 13 heavy (non-hydrogen) atoms. The lowest BCUT2D eigenvalue weighted by molar-refractivity contribution is -0.195. The molecule has 0 aromatic heterocycles. The second-order valence-electron chi connectivity index (χ2n) is 3.45. The number of rotatable bonds is 1. The first-order valence-corrected chi connectivity index (χ1v) is 4.44. The first-order valence-electron chi connectivity index (χ1n) is 4.44. The van der Waals surface area contributed by atoms with Crippen molar-refractivity contribution >= 4 is 0 Å². The van der Waals surface area contributed by atoms with Gasteiger partial charge in [-0.2, -0.15) is 13.2 Å². The highest BCUT2D eigenvalue weighted by atomic mass is 19.4. The zero-order chi connectivity index (χ0) is 10.1. The van der Waals surface area contributed by atoms with E-state index in [2.05, 4.69) is 0 Å². The van der Waals surface area contributed by atoms with Crippen LogP contribution in [0.4, 0.5) is 13.2 Å². The van der Waals surface area contributed by atoms with Crippen molar-refractivity contribution in [2.45, 2.75) is 19.1 Å². The van der Waals surface area contributed by atoms with Gasteiger partial charge in [-0.1, -0.05) is 6.92 Å². The van der Waals surface area contributed by atoms with E-state index in [4.69, 9.17) is 0 Å². The van der Waals surface area contributed by atoms with E-state index in [0.29, 0.717) is 13.1 Å². The molecule has 0 amide bonds. The minimum Gasteiger partial charge on any atom is -0.303 e. The fourth-order valence-electron chi connectivity index (χ4n) is 1.65. The quantitative estimate of drug-likeness (QED) is 0.621. The number of alkyl halides is 3. The molecule has 1 aliphatic rings. The molecule has 0 N–H and O–H groups in total. The number of halogens is 3. The zero-order valence-corrected chi connectivity index (χ0v) is 7.93. The molecule has 5 heteroatoms. The third kappa shape index (κ3) is 2.57. The Morgan fingerprint density at radius 2 is 1.92 bits per heavy atom. The van der Waals surface area contributed by atoms with E-state index >= 15 is 0 Å². The van der Waals surface area contributed by atoms with Crippen LogP contribution in [-0.2, 0) is 0 Å². The van der Waals surface area contributed by atoms with Crippen LogP contribution in [0.3, 0.4) is 0 Å². The maximum atomic E-state index is 12.5. The number of hydrogen-bond acceptors (Lipinski definition) is 2. The van der Waals surface area contributed by atoms with E-state index in [1.165, 1.54) is 4.90 Å². The van der Waals surface area contributed by atoms with Gasteiger partial charge in [0.1, 0.15) is 6.04 Å². The maximum absolute atomic E-state index is 12.5. The molecule has 78 valence electrons. The lowest BCUT2D eigenvalue weighted by atomic mass is 10.1. The summed E-state index contributed by atoms with van der Waals surface area (Å²) in [5.74, 6) is 0. The molecule has 1 atom stereocenters. The van der Waals surface area contributed by atoms with Gasteiger partial charge in [-0.25, -0.2) is 0 Å². The standard InChI is InChI=1S/C8H15F3N2/c1-3-13-5-4-12(2)6-7(13)8(9,10)11/h7H,3-6H2,1-2H3/t7-/m1/s1. The Hall–Kier alpha value is -0.290. The average Bonchev–Trinajstić information content (AvgIpc) is 2.03. The Morgan fingerprint density at radius 1 is 1.31 bits per heavy atom. The normalized spacial score (nSPS) is 27.9. The Kier molecular flexibility index (Phi) is 3.18. The average molecular weight is 196 g/mol. The summed E-state index contributed by atoms with van der Waals surface area (Å²) in [5.41, 5.74) is 0. The number of nitrogens with zero attached hydrogens (tertiary/aromatic N) is 2. The molecule has 0 radical (unpaired) electrons. The summed E-state index contributed by atoms with van der Waals surface area (Å²) in [6.45, 7) is 3.57. The molecule has 1 saturated heterocycles. The molecule has 0 saturated carbocycles. The molecule has 0 aliphatic carbocycles. The summed E-state index contributed by atoms with van der Waals surface area (Å²) >= 11 is 0. The highest BCUT2D eigenvalue weighted by Crippen LogP contribution is 2.27. The van der Waals surface area contributed by atoms with Gasteiger partial charge in [0.15, 0.2) is 0 Å². The van der Waals surface area contributed by atoms with Gasteiger partial charge in [-0.3, -0.25) is 4.90 Å². The number of likely N-dealkylation sites (N-methyl/N-ethyl adjacent to an activating group) is 2. The van der Waals surface area contributed by atoms with E-state index < -0.39 is 12.2 Å². The summed E-state index contributed by atoms with van der Waals surface area (Å²) in [4.78, 5) is 3.21. The lowest BCUT2D eigenvalue weighted by Crippen LogP contribution is -2.57. The molecule has 0 spiro atoms. The van der Waals surface area contributed by atoms with E-state index in [9.17, 15) is 13.2 Å². The van der Waals surface area contributed by atoms with Gasteiger partial charge >= 0.3 is 6.18 Å². The van der Waals surface area contributed by atoms with Crippen molar-refractivity contribution in [1.29, 1.82) is 0 Å². The van der Waals surface area contributed by atoms with E-state index in [1.807, 2.05) is 0 Å². The van der Waals surface area contributed by atoms with Crippen LogP contribution in [-0.4, -0.2) is 55.2 Å². The minimum absolute atomic E-state index is 0.0946. The van der Waals surface area contributed by atoms with E-state index in [0.717, 1.165) is 6.54 Å². The highest BCUT2D eigenvalue weighted by molar-refractivity contribution is 4.85. The van der Waals surface area contributed by atoms with Gasteiger partial charge in [-0.05, 0) is 13.6 Å². The first-order chi connectivity index (χ1) is 5.95. The molecule has 1 aliphatic heterocycles. The number of hydrogen-bond donors (Lipinski definition) is 0. The molecule has 0 bridgehead atoms. The van der Waals surface area contributed by atoms with Crippen LogP contribution in [0.5, 0.6) is 0 Å². The first kappa shape index (κ1) is 10.8. The SMILES string of the molecule is CCN1CCN(C)C[C@@H]1C(F)(F)F. The fraction of sp³-hybridized carbons (Fsp3) is 1.00. The molecular formula is C8H15F3N2. The molecular weight excluding hydrogens is 181 g/mol. The molecule has 1 fully saturated rings. The highest BCUT2D eigenvalue weighted by Gasteiger charge is 2.45. The van der Waals surface area contributed by atoms with Gasteiger partial charge in [0.05, 0.1) is 0 Å². The van der Waals surface area contributed by atoms with Crippen molar-refractivity contribution in [3.63, 3.8) is 0 Å². The topological polar surface area (TPSA) is 6.48 Å². The third-order valence-electron chi connectivity index (χ3n) is 2.48. The summed E-state index contributed by atoms with van der Waals surface area (Å²) in [6, 6.07) is -1.28. The summed E-state index contributed by atoms with van der Waals surface area (Å²) in [6.07, 6.45) is -4.09. The van der Waals surface area contributed by atoms with Crippen molar-refractivity contribution < 1.29 is 13.2 Å². The van der Waals surface area contributed by atoms with Crippen LogP contribution in [0.2, 0.25) is 0 Å². The third-order valence-corrected chi connectivity index (χ3v) is 2.48. The monoisotopic (exact) mass is 196 g/mol. The fourth-order valence-corrected chi connectivity index (χ4v) is 1.65. The smallest absolute Gasteiger partial charge is 0.303 e. The molecule has 1 rings (SSSR count). The van der Waals surface area contributed by atoms with Crippen molar-refractivity contribution in [3.8, 4) is 0 Å². The predicted molar refractivity (Wildman–Crippen MR) is 44.6 cm³/mol. The minimum atomic E-state index is -4.09. The molecule has 0 aromatic carbocycles. The van der Waals surface area contributed by atoms with Crippen LogP contribution in [0.25, 0.3) is 0 Å². The van der Waals surface area contributed by atoms with Gasteiger partial charge in [-0.15, -0.1) is 0 Å². The molecule has 0 unspecified atom stereocenters. The van der Waals surface area contributed by atoms with Crippen molar-refractivity contribution in [3.05, 3.63) is 0 Å². The summed E-state index contributed by atoms with van der Waals surface area (Å²) < 4.78 is 37.5. The van der Waals surface area contributed by atoms with Crippen molar-refractivity contribution in [1.82, 2.24) is 9.80 Å². The largest absolute Gasteiger partial charge is 0.405 e. The predicted octanol–water partition coefficient (Wildman–Crippen LogP) is 1.18. The van der Waals surface area contributed by atoms with Crippen LogP contribution in [0, 0.1) is 0 Å². The Bertz CT molecular complexity index is 169.